The molecule has 0 saturated carbocycles. The van der Waals surface area contributed by atoms with Crippen LogP contribution in [0.1, 0.15) is 5.69 Å². The zero-order valence-corrected chi connectivity index (χ0v) is 13.5. The molecule has 3 aromatic rings. The van der Waals surface area contributed by atoms with Gasteiger partial charge in [-0.3, -0.25) is 0 Å². The molecule has 0 N–H and O–H groups in total. The monoisotopic (exact) mass is 341 g/mol. The van der Waals surface area contributed by atoms with Gasteiger partial charge in [0.25, 0.3) is 0 Å². The Labute approximate surface area is 138 Å². The lowest BCUT2D eigenvalue weighted by atomic mass is 10.1. The van der Waals surface area contributed by atoms with Crippen molar-refractivity contribution < 1.29 is 12.8 Å². The number of halogens is 1. The number of nitriles is 1. The molecule has 0 radical (unpaired) electrons. The molecule has 0 bridgehead atoms. The van der Waals surface area contributed by atoms with E-state index in [2.05, 4.69) is 5.10 Å². The van der Waals surface area contributed by atoms with E-state index in [-0.39, 0.29) is 10.6 Å². The molecule has 0 atom stereocenters. The molecule has 1 aromatic heterocycles. The van der Waals surface area contributed by atoms with E-state index < -0.39 is 15.7 Å². The van der Waals surface area contributed by atoms with E-state index >= 15 is 0 Å². The molecule has 120 valence electrons. The van der Waals surface area contributed by atoms with Crippen LogP contribution in [0.4, 0.5) is 4.39 Å². The number of aromatic nitrogens is 2. The molecule has 0 amide bonds. The first-order valence-electron chi connectivity index (χ1n) is 6.95. The molecule has 0 aliphatic rings. The number of nitrogens with zero attached hydrogens (tertiary/aromatic N) is 3. The van der Waals surface area contributed by atoms with Gasteiger partial charge < -0.3 is 0 Å². The highest BCUT2D eigenvalue weighted by molar-refractivity contribution is 7.90. The van der Waals surface area contributed by atoms with Gasteiger partial charge in [-0.2, -0.15) is 10.4 Å². The van der Waals surface area contributed by atoms with Crippen molar-refractivity contribution in [1.29, 1.82) is 5.26 Å². The second kappa shape index (κ2) is 5.91. The summed E-state index contributed by atoms with van der Waals surface area (Å²) in [6.45, 7) is 0. The Hall–Kier alpha value is -2.98. The minimum absolute atomic E-state index is 0.182. The van der Waals surface area contributed by atoms with Gasteiger partial charge >= 0.3 is 0 Å². The normalized spacial score (nSPS) is 11.2. The second-order valence-electron chi connectivity index (χ2n) is 5.21. The summed E-state index contributed by atoms with van der Waals surface area (Å²) in [6, 6.07) is 15.6. The number of rotatable bonds is 3. The average Bonchev–Trinajstić information content (AvgIpc) is 2.98. The van der Waals surface area contributed by atoms with Gasteiger partial charge in [0.15, 0.2) is 15.5 Å². The van der Waals surface area contributed by atoms with Crippen LogP contribution < -0.4 is 0 Å². The zero-order chi connectivity index (χ0) is 17.3. The molecular weight excluding hydrogens is 329 g/mol. The van der Waals surface area contributed by atoms with Crippen molar-refractivity contribution in [1.82, 2.24) is 9.78 Å². The lowest BCUT2D eigenvalue weighted by Gasteiger charge is -2.08. The van der Waals surface area contributed by atoms with Crippen molar-refractivity contribution >= 4 is 9.84 Å². The van der Waals surface area contributed by atoms with Gasteiger partial charge in [0.1, 0.15) is 11.9 Å². The largest absolute Gasteiger partial charge is 0.232 e. The van der Waals surface area contributed by atoms with Gasteiger partial charge in [-0.1, -0.05) is 18.2 Å². The van der Waals surface area contributed by atoms with Crippen molar-refractivity contribution in [2.75, 3.05) is 6.26 Å². The molecule has 24 heavy (non-hydrogen) atoms. The van der Waals surface area contributed by atoms with Gasteiger partial charge in [0.05, 0.1) is 16.3 Å². The maximum atomic E-state index is 13.5. The summed E-state index contributed by atoms with van der Waals surface area (Å²) in [7, 11) is -3.29. The van der Waals surface area contributed by atoms with Crippen LogP contribution in [0.2, 0.25) is 0 Å². The third kappa shape index (κ3) is 3.05. The summed E-state index contributed by atoms with van der Waals surface area (Å²) in [5.74, 6) is -0.417. The van der Waals surface area contributed by atoms with Crippen molar-refractivity contribution in [3.05, 3.63) is 66.1 Å². The molecule has 0 spiro atoms. The molecule has 0 unspecified atom stereocenters. The van der Waals surface area contributed by atoms with Gasteiger partial charge in [-0.05, 0) is 30.3 Å². The minimum Gasteiger partial charge on any atom is -0.232 e. The summed E-state index contributed by atoms with van der Waals surface area (Å²) < 4.78 is 38.1. The van der Waals surface area contributed by atoms with E-state index in [1.54, 1.807) is 30.3 Å². The third-order valence-corrected chi connectivity index (χ3v) is 4.58. The fourth-order valence-electron chi connectivity index (χ4n) is 2.32. The summed E-state index contributed by atoms with van der Waals surface area (Å²) in [5, 5.41) is 13.3. The molecule has 0 aliphatic carbocycles. The Morgan fingerprint density at radius 1 is 1.12 bits per heavy atom. The molecule has 3 rings (SSSR count). The lowest BCUT2D eigenvalue weighted by Crippen LogP contribution is -2.00. The molecular formula is C17H12FN3O2S. The van der Waals surface area contributed by atoms with Gasteiger partial charge in [0.2, 0.25) is 0 Å². The smallest absolute Gasteiger partial charge is 0.175 e. The van der Waals surface area contributed by atoms with E-state index in [0.29, 0.717) is 16.9 Å². The third-order valence-electron chi connectivity index (χ3n) is 3.45. The highest BCUT2D eigenvalue weighted by atomic mass is 32.2. The number of sulfone groups is 1. The number of hydrogen-bond acceptors (Lipinski definition) is 4. The summed E-state index contributed by atoms with van der Waals surface area (Å²) in [6.07, 6.45) is 1.13. The first-order chi connectivity index (χ1) is 11.4. The summed E-state index contributed by atoms with van der Waals surface area (Å²) >= 11 is 0. The number of benzene rings is 2. The predicted molar refractivity (Wildman–Crippen MR) is 86.8 cm³/mol. The van der Waals surface area contributed by atoms with Crippen LogP contribution in [-0.2, 0) is 9.84 Å². The maximum absolute atomic E-state index is 13.5. The van der Waals surface area contributed by atoms with Gasteiger partial charge in [-0.15, -0.1) is 0 Å². The van der Waals surface area contributed by atoms with Crippen LogP contribution in [0.15, 0.2) is 59.5 Å². The molecule has 1 heterocycles. The molecule has 0 saturated heterocycles. The van der Waals surface area contributed by atoms with Crippen molar-refractivity contribution in [3.8, 4) is 23.0 Å². The molecule has 0 aliphatic heterocycles. The highest BCUT2D eigenvalue weighted by Gasteiger charge is 2.13. The lowest BCUT2D eigenvalue weighted by molar-refractivity contribution is 0.602. The fourth-order valence-corrected chi connectivity index (χ4v) is 2.95. The Morgan fingerprint density at radius 2 is 1.83 bits per heavy atom. The summed E-state index contributed by atoms with van der Waals surface area (Å²) in [5.41, 5.74) is 1.89. The first-order valence-corrected chi connectivity index (χ1v) is 8.84. The molecule has 7 heteroatoms. The van der Waals surface area contributed by atoms with E-state index in [1.165, 1.54) is 28.9 Å². The van der Waals surface area contributed by atoms with Crippen LogP contribution in [0, 0.1) is 17.1 Å². The Morgan fingerprint density at radius 3 is 2.42 bits per heavy atom. The SMILES string of the molecule is CS(=O)(=O)c1ccc(-c2cc(C#N)nn2-c2cccc(F)c2)cc1. The Kier molecular flexibility index (Phi) is 3.91. The van der Waals surface area contributed by atoms with Gasteiger partial charge in [-0.25, -0.2) is 17.5 Å². The van der Waals surface area contributed by atoms with Crippen molar-refractivity contribution in [2.45, 2.75) is 4.90 Å². The Bertz CT molecular complexity index is 1050. The van der Waals surface area contributed by atoms with Crippen LogP contribution in [-0.4, -0.2) is 24.5 Å². The number of hydrogen-bond donors (Lipinski definition) is 0. The zero-order valence-electron chi connectivity index (χ0n) is 12.6. The molecule has 0 fully saturated rings. The topological polar surface area (TPSA) is 75.8 Å². The van der Waals surface area contributed by atoms with Crippen molar-refractivity contribution in [3.63, 3.8) is 0 Å². The highest BCUT2D eigenvalue weighted by Crippen LogP contribution is 2.25. The van der Waals surface area contributed by atoms with Crippen LogP contribution in [0.5, 0.6) is 0 Å². The van der Waals surface area contributed by atoms with Crippen LogP contribution in [0.3, 0.4) is 0 Å². The van der Waals surface area contributed by atoms with E-state index in [1.807, 2.05) is 6.07 Å². The standard InChI is InChI=1S/C17H12FN3O2S/c1-24(22,23)16-7-5-12(6-8-16)17-10-14(11-19)20-21(17)15-4-2-3-13(18)9-15/h2-10H,1H3. The fraction of sp³-hybridized carbons (Fsp3) is 0.0588. The van der Waals surface area contributed by atoms with E-state index in [9.17, 15) is 12.8 Å². The predicted octanol–water partition coefficient (Wildman–Crippen LogP) is 2.95. The quantitative estimate of drug-likeness (QED) is 0.734. The second-order valence-corrected chi connectivity index (χ2v) is 7.23. The molecule has 5 nitrogen and oxygen atoms in total. The average molecular weight is 341 g/mol. The summed E-state index contributed by atoms with van der Waals surface area (Å²) in [4.78, 5) is 0.198. The van der Waals surface area contributed by atoms with Gasteiger partial charge in [0, 0.05) is 17.9 Å². The maximum Gasteiger partial charge on any atom is 0.175 e. The van der Waals surface area contributed by atoms with Crippen LogP contribution >= 0.6 is 0 Å². The van der Waals surface area contributed by atoms with E-state index in [4.69, 9.17) is 5.26 Å². The van der Waals surface area contributed by atoms with E-state index in [0.717, 1.165) is 6.26 Å². The Balaban J connectivity index is 2.15. The molecule has 2 aromatic carbocycles. The van der Waals surface area contributed by atoms with Crippen molar-refractivity contribution in [2.24, 2.45) is 0 Å². The first kappa shape index (κ1) is 15.9. The minimum atomic E-state index is -3.29. The van der Waals surface area contributed by atoms with Crippen LogP contribution in [0.25, 0.3) is 16.9 Å².